The summed E-state index contributed by atoms with van der Waals surface area (Å²) in [5.41, 5.74) is 2.32. The van der Waals surface area contributed by atoms with Gasteiger partial charge in [-0.3, -0.25) is 19.0 Å². The standard InChI is InChI=1S/C19H16ClNO4.C4H9NO/c1-11-15(10-18(22)23)16-9-14(25-2)7-8-17(16)21(11)19(24)12-3-5-13(20)6-4-12;1-4(6)5(2)3/h3-9H,10H2,1-2H3,(H,22,23);1-3H3. The van der Waals surface area contributed by atoms with E-state index in [1.54, 1.807) is 70.6 Å². The summed E-state index contributed by atoms with van der Waals surface area (Å²) in [7, 11) is 4.99. The average Bonchev–Trinajstić information content (AvgIpc) is 2.98. The molecule has 0 fully saturated rings. The second kappa shape index (κ2) is 10.1. The first-order chi connectivity index (χ1) is 14.6. The molecule has 164 valence electrons. The summed E-state index contributed by atoms with van der Waals surface area (Å²) in [5.74, 6) is -0.491. The molecule has 31 heavy (non-hydrogen) atoms. The Morgan fingerprint density at radius 2 is 1.68 bits per heavy atom. The highest BCUT2D eigenvalue weighted by molar-refractivity contribution is 6.30. The van der Waals surface area contributed by atoms with Crippen molar-refractivity contribution in [3.63, 3.8) is 0 Å². The summed E-state index contributed by atoms with van der Waals surface area (Å²) >= 11 is 5.89. The molecule has 2 aromatic carbocycles. The number of hydrogen-bond acceptors (Lipinski definition) is 4. The number of carbonyl (C=O) groups excluding carboxylic acids is 2. The van der Waals surface area contributed by atoms with Gasteiger partial charge in [-0.05, 0) is 55.0 Å². The molecule has 8 heteroatoms. The highest BCUT2D eigenvalue weighted by atomic mass is 35.5. The van der Waals surface area contributed by atoms with Gasteiger partial charge in [0.25, 0.3) is 5.91 Å². The van der Waals surface area contributed by atoms with E-state index in [2.05, 4.69) is 0 Å². The molecule has 1 heterocycles. The number of aliphatic carboxylic acids is 1. The lowest BCUT2D eigenvalue weighted by molar-refractivity contribution is -0.136. The maximum absolute atomic E-state index is 13.0. The number of carboxylic acid groups (broad SMARTS) is 1. The number of carbonyl (C=O) groups is 3. The summed E-state index contributed by atoms with van der Waals surface area (Å²) in [6.45, 7) is 3.28. The maximum atomic E-state index is 13.0. The summed E-state index contributed by atoms with van der Waals surface area (Å²) in [4.78, 5) is 35.8. The number of aromatic nitrogens is 1. The van der Waals surface area contributed by atoms with Crippen LogP contribution in [0.15, 0.2) is 42.5 Å². The molecule has 0 bridgehead atoms. The van der Waals surface area contributed by atoms with Crippen molar-refractivity contribution in [2.24, 2.45) is 0 Å². The monoisotopic (exact) mass is 444 g/mol. The van der Waals surface area contributed by atoms with Gasteiger partial charge in [0.1, 0.15) is 5.75 Å². The number of amides is 1. The minimum Gasteiger partial charge on any atom is -0.497 e. The molecule has 0 aliphatic heterocycles. The average molecular weight is 445 g/mol. The van der Waals surface area contributed by atoms with Gasteiger partial charge in [-0.15, -0.1) is 0 Å². The van der Waals surface area contributed by atoms with Gasteiger partial charge >= 0.3 is 5.97 Å². The van der Waals surface area contributed by atoms with Crippen molar-refractivity contribution in [2.75, 3.05) is 21.2 Å². The van der Waals surface area contributed by atoms with Crippen LogP contribution in [-0.4, -0.2) is 53.6 Å². The van der Waals surface area contributed by atoms with E-state index in [-0.39, 0.29) is 18.2 Å². The van der Waals surface area contributed by atoms with Gasteiger partial charge in [0.2, 0.25) is 5.91 Å². The van der Waals surface area contributed by atoms with Crippen molar-refractivity contribution in [2.45, 2.75) is 20.3 Å². The van der Waals surface area contributed by atoms with Gasteiger partial charge in [-0.2, -0.15) is 0 Å². The highest BCUT2D eigenvalue weighted by Crippen LogP contribution is 2.30. The fourth-order valence-corrected chi connectivity index (χ4v) is 3.07. The summed E-state index contributed by atoms with van der Waals surface area (Å²) in [5, 5.41) is 10.5. The SMILES string of the molecule is CC(=O)N(C)C.COc1ccc2c(c1)c(CC(=O)O)c(C)n2C(=O)c1ccc(Cl)cc1. The zero-order chi connectivity index (χ0) is 23.3. The fraction of sp³-hybridized carbons (Fsp3) is 0.261. The van der Waals surface area contributed by atoms with Gasteiger partial charge in [0.05, 0.1) is 19.0 Å². The van der Waals surface area contributed by atoms with Gasteiger partial charge in [-0.1, -0.05) is 11.6 Å². The minimum absolute atomic E-state index is 0.0926. The molecule has 0 saturated heterocycles. The highest BCUT2D eigenvalue weighted by Gasteiger charge is 2.21. The van der Waals surface area contributed by atoms with Crippen molar-refractivity contribution < 1.29 is 24.2 Å². The molecular weight excluding hydrogens is 420 g/mol. The Kier molecular flexibility index (Phi) is 7.83. The van der Waals surface area contributed by atoms with Crippen LogP contribution in [0.5, 0.6) is 5.75 Å². The topological polar surface area (TPSA) is 88.8 Å². The third-order valence-corrected chi connectivity index (χ3v) is 5.05. The second-order valence-corrected chi connectivity index (χ2v) is 7.51. The van der Waals surface area contributed by atoms with Crippen LogP contribution in [-0.2, 0) is 16.0 Å². The van der Waals surface area contributed by atoms with Crippen LogP contribution in [0.3, 0.4) is 0 Å². The number of ether oxygens (including phenoxy) is 1. The number of rotatable bonds is 4. The number of benzene rings is 2. The van der Waals surface area contributed by atoms with Crippen LogP contribution in [0, 0.1) is 6.92 Å². The molecular formula is C23H25ClN2O5. The molecule has 7 nitrogen and oxygen atoms in total. The lowest BCUT2D eigenvalue weighted by atomic mass is 10.1. The predicted molar refractivity (Wildman–Crippen MR) is 120 cm³/mol. The maximum Gasteiger partial charge on any atom is 0.307 e. The number of fused-ring (bicyclic) bond motifs is 1. The van der Waals surface area contributed by atoms with Crippen LogP contribution >= 0.6 is 11.6 Å². The lowest BCUT2D eigenvalue weighted by Gasteiger charge is -2.08. The van der Waals surface area contributed by atoms with Crippen molar-refractivity contribution >= 4 is 40.3 Å². The van der Waals surface area contributed by atoms with Gasteiger partial charge in [0, 0.05) is 42.7 Å². The van der Waals surface area contributed by atoms with Crippen LogP contribution in [0.4, 0.5) is 0 Å². The van der Waals surface area contributed by atoms with Crippen molar-refractivity contribution in [3.8, 4) is 5.75 Å². The van der Waals surface area contributed by atoms with Gasteiger partial charge in [0.15, 0.2) is 0 Å². The molecule has 0 aliphatic carbocycles. The Morgan fingerprint density at radius 1 is 1.10 bits per heavy atom. The van der Waals surface area contributed by atoms with Crippen LogP contribution < -0.4 is 4.74 Å². The predicted octanol–water partition coefficient (Wildman–Crippen LogP) is 4.02. The number of methoxy groups -OCH3 is 1. The molecule has 0 aliphatic rings. The van der Waals surface area contributed by atoms with E-state index in [9.17, 15) is 19.5 Å². The van der Waals surface area contributed by atoms with E-state index in [1.807, 2.05) is 0 Å². The molecule has 3 aromatic rings. The van der Waals surface area contributed by atoms with Crippen LogP contribution in [0.2, 0.25) is 5.02 Å². The zero-order valence-corrected chi connectivity index (χ0v) is 18.9. The van der Waals surface area contributed by atoms with Crippen molar-refractivity contribution in [1.82, 2.24) is 9.47 Å². The molecule has 1 aromatic heterocycles. The number of hydrogen-bond donors (Lipinski definition) is 1. The third-order valence-electron chi connectivity index (χ3n) is 4.79. The first-order valence-corrected chi connectivity index (χ1v) is 9.82. The first-order valence-electron chi connectivity index (χ1n) is 9.44. The Hall–Kier alpha value is -3.32. The molecule has 0 radical (unpaired) electrons. The van der Waals surface area contributed by atoms with E-state index in [0.29, 0.717) is 38.5 Å². The van der Waals surface area contributed by atoms with Crippen molar-refractivity contribution in [3.05, 3.63) is 64.3 Å². The quantitative estimate of drug-likeness (QED) is 0.656. The molecule has 0 unspecified atom stereocenters. The van der Waals surface area contributed by atoms with E-state index >= 15 is 0 Å². The summed E-state index contributed by atoms with van der Waals surface area (Å²) in [6.07, 6.45) is -0.170. The molecule has 1 N–H and O–H groups in total. The Bertz CT molecular complexity index is 1120. The molecule has 0 saturated carbocycles. The van der Waals surface area contributed by atoms with Gasteiger partial charge in [-0.25, -0.2) is 0 Å². The Balaban J connectivity index is 0.000000501. The molecule has 0 spiro atoms. The minimum atomic E-state index is -0.955. The molecule has 3 rings (SSSR count). The number of nitrogens with zero attached hydrogens (tertiary/aromatic N) is 2. The van der Waals surface area contributed by atoms with E-state index < -0.39 is 5.97 Å². The lowest BCUT2D eigenvalue weighted by Crippen LogP contribution is -2.17. The van der Waals surface area contributed by atoms with E-state index in [4.69, 9.17) is 16.3 Å². The fourth-order valence-electron chi connectivity index (χ4n) is 2.95. The zero-order valence-electron chi connectivity index (χ0n) is 18.1. The van der Waals surface area contributed by atoms with Crippen molar-refractivity contribution in [1.29, 1.82) is 0 Å². The second-order valence-electron chi connectivity index (χ2n) is 7.08. The number of halogens is 1. The van der Waals surface area contributed by atoms with Gasteiger partial charge < -0.3 is 14.7 Å². The largest absolute Gasteiger partial charge is 0.497 e. The molecule has 1 amide bonds. The van der Waals surface area contributed by atoms with Crippen LogP contribution in [0.1, 0.15) is 28.5 Å². The van der Waals surface area contributed by atoms with Crippen LogP contribution in [0.25, 0.3) is 10.9 Å². The third kappa shape index (κ3) is 5.64. The first kappa shape index (κ1) is 24.0. The van der Waals surface area contributed by atoms with E-state index in [0.717, 1.165) is 0 Å². The summed E-state index contributed by atoms with van der Waals surface area (Å²) < 4.78 is 6.77. The Labute approximate surface area is 185 Å². The Morgan fingerprint density at radius 3 is 2.16 bits per heavy atom. The molecule has 0 atom stereocenters. The number of carboxylic acids is 1. The smallest absolute Gasteiger partial charge is 0.307 e. The van der Waals surface area contributed by atoms with E-state index in [1.165, 1.54) is 16.4 Å². The normalized spacial score (nSPS) is 10.3. The summed E-state index contributed by atoms with van der Waals surface area (Å²) in [6, 6.07) is 11.9.